The van der Waals surface area contributed by atoms with Crippen molar-refractivity contribution in [1.29, 1.82) is 0 Å². The van der Waals surface area contributed by atoms with Gasteiger partial charge in [-0.15, -0.1) is 11.3 Å². The van der Waals surface area contributed by atoms with Crippen molar-refractivity contribution < 1.29 is 4.74 Å². The third-order valence-corrected chi connectivity index (χ3v) is 6.54. The lowest BCUT2D eigenvalue weighted by molar-refractivity contribution is 0.414. The van der Waals surface area contributed by atoms with Crippen LogP contribution < -0.4 is 10.1 Å². The van der Waals surface area contributed by atoms with Crippen LogP contribution in [0.15, 0.2) is 60.2 Å². The molecule has 0 fully saturated rings. The summed E-state index contributed by atoms with van der Waals surface area (Å²) in [7, 11) is 1.68. The van der Waals surface area contributed by atoms with E-state index in [1.54, 1.807) is 24.8 Å². The average molecular weight is 444 g/mol. The number of aromatic nitrogens is 4. The zero-order valence-corrected chi connectivity index (χ0v) is 19.2. The lowest BCUT2D eigenvalue weighted by Crippen LogP contribution is -2.08. The van der Waals surface area contributed by atoms with E-state index < -0.39 is 0 Å². The zero-order chi connectivity index (χ0) is 22.1. The van der Waals surface area contributed by atoms with Gasteiger partial charge in [-0.2, -0.15) is 0 Å². The van der Waals surface area contributed by atoms with Gasteiger partial charge in [-0.1, -0.05) is 30.3 Å². The second kappa shape index (κ2) is 8.59. The maximum atomic E-state index is 5.24. The second-order valence-corrected chi connectivity index (χ2v) is 8.88. The summed E-state index contributed by atoms with van der Waals surface area (Å²) in [6.45, 7) is 5.08. The molecule has 5 rings (SSSR count). The fourth-order valence-corrected chi connectivity index (χ4v) is 4.93. The molecule has 0 spiro atoms. The number of ether oxygens (including phenoxy) is 1. The number of anilines is 1. The molecule has 0 aliphatic heterocycles. The molecule has 3 heterocycles. The summed E-state index contributed by atoms with van der Waals surface area (Å²) in [6.07, 6.45) is 2.50. The standard InChI is InChI=1S/C25H25N5OS/c1-16(2)30-24(20-14-32-21-7-5-4-6-19(20)21)29-22-23(27-15-28-25(22)30)26-13-12-17-8-10-18(31-3)11-9-17/h4-11,14-16H,12-13H2,1-3H3,(H,26,27,28). The van der Waals surface area contributed by atoms with Crippen LogP contribution in [-0.2, 0) is 6.42 Å². The van der Waals surface area contributed by atoms with Crippen molar-refractivity contribution in [2.75, 3.05) is 19.0 Å². The normalized spacial score (nSPS) is 11.5. The smallest absolute Gasteiger partial charge is 0.166 e. The fourth-order valence-electron chi connectivity index (χ4n) is 3.99. The van der Waals surface area contributed by atoms with Gasteiger partial charge in [0.25, 0.3) is 0 Å². The van der Waals surface area contributed by atoms with Gasteiger partial charge in [0, 0.05) is 33.6 Å². The van der Waals surface area contributed by atoms with Crippen LogP contribution in [0, 0.1) is 0 Å². The summed E-state index contributed by atoms with van der Waals surface area (Å²) >= 11 is 1.74. The Balaban J connectivity index is 1.49. The van der Waals surface area contributed by atoms with Crippen LogP contribution in [0.2, 0.25) is 0 Å². The summed E-state index contributed by atoms with van der Waals surface area (Å²) in [5.41, 5.74) is 4.04. The predicted octanol–water partition coefficient (Wildman–Crippen LogP) is 5.95. The average Bonchev–Trinajstić information content (AvgIpc) is 3.41. The number of nitrogens with one attached hydrogen (secondary N) is 1. The molecule has 32 heavy (non-hydrogen) atoms. The van der Waals surface area contributed by atoms with Crippen molar-refractivity contribution in [3.05, 3.63) is 65.8 Å². The van der Waals surface area contributed by atoms with E-state index >= 15 is 0 Å². The van der Waals surface area contributed by atoms with E-state index in [2.05, 4.69) is 75.5 Å². The molecule has 0 radical (unpaired) electrons. The van der Waals surface area contributed by atoms with E-state index in [1.807, 2.05) is 12.1 Å². The summed E-state index contributed by atoms with van der Waals surface area (Å²) < 4.78 is 8.71. The lowest BCUT2D eigenvalue weighted by atomic mass is 10.1. The molecule has 1 N–H and O–H groups in total. The zero-order valence-electron chi connectivity index (χ0n) is 18.4. The number of nitrogens with zero attached hydrogens (tertiary/aromatic N) is 4. The molecule has 6 nitrogen and oxygen atoms in total. The number of methoxy groups -OCH3 is 1. The summed E-state index contributed by atoms with van der Waals surface area (Å²) in [4.78, 5) is 14.1. The van der Waals surface area contributed by atoms with Crippen LogP contribution in [0.3, 0.4) is 0 Å². The Kier molecular flexibility index (Phi) is 5.49. The molecule has 0 saturated carbocycles. The molecule has 7 heteroatoms. The van der Waals surface area contributed by atoms with Gasteiger partial charge in [0.05, 0.1) is 7.11 Å². The van der Waals surface area contributed by atoms with Gasteiger partial charge in [-0.25, -0.2) is 15.0 Å². The Morgan fingerprint density at radius 3 is 2.66 bits per heavy atom. The van der Waals surface area contributed by atoms with E-state index in [4.69, 9.17) is 9.72 Å². The highest BCUT2D eigenvalue weighted by Crippen LogP contribution is 2.37. The van der Waals surface area contributed by atoms with Crippen LogP contribution in [-0.4, -0.2) is 33.2 Å². The highest BCUT2D eigenvalue weighted by molar-refractivity contribution is 7.17. The van der Waals surface area contributed by atoms with Crippen LogP contribution >= 0.6 is 11.3 Å². The quantitative estimate of drug-likeness (QED) is 0.337. The van der Waals surface area contributed by atoms with E-state index in [9.17, 15) is 0 Å². The number of benzene rings is 2. The van der Waals surface area contributed by atoms with Gasteiger partial charge in [-0.05, 0) is 44.0 Å². The molecular weight excluding hydrogens is 418 g/mol. The number of imidazole rings is 1. The van der Waals surface area contributed by atoms with Gasteiger partial charge in [0.2, 0.25) is 0 Å². The van der Waals surface area contributed by atoms with Crippen molar-refractivity contribution in [3.8, 4) is 17.1 Å². The van der Waals surface area contributed by atoms with Gasteiger partial charge in [-0.3, -0.25) is 0 Å². The number of rotatable bonds is 7. The van der Waals surface area contributed by atoms with Crippen molar-refractivity contribution in [3.63, 3.8) is 0 Å². The Bertz CT molecular complexity index is 1370. The van der Waals surface area contributed by atoms with Crippen molar-refractivity contribution >= 4 is 38.4 Å². The minimum absolute atomic E-state index is 0.218. The van der Waals surface area contributed by atoms with Crippen LogP contribution in [0.25, 0.3) is 32.6 Å². The molecule has 0 unspecified atom stereocenters. The number of hydrogen-bond acceptors (Lipinski definition) is 6. The topological polar surface area (TPSA) is 64.9 Å². The molecule has 2 aromatic carbocycles. The Hall–Kier alpha value is -3.45. The summed E-state index contributed by atoms with van der Waals surface area (Å²) in [6, 6.07) is 16.8. The first-order chi connectivity index (χ1) is 15.7. The van der Waals surface area contributed by atoms with Crippen molar-refractivity contribution in [2.45, 2.75) is 26.3 Å². The van der Waals surface area contributed by atoms with Gasteiger partial charge >= 0.3 is 0 Å². The highest BCUT2D eigenvalue weighted by atomic mass is 32.1. The van der Waals surface area contributed by atoms with Gasteiger partial charge in [0.15, 0.2) is 17.0 Å². The third-order valence-electron chi connectivity index (χ3n) is 5.58. The molecule has 0 atom stereocenters. The molecule has 0 saturated heterocycles. The maximum absolute atomic E-state index is 5.24. The Morgan fingerprint density at radius 2 is 1.88 bits per heavy atom. The molecule has 5 aromatic rings. The van der Waals surface area contributed by atoms with Crippen LogP contribution in [0.1, 0.15) is 25.5 Å². The molecule has 0 amide bonds. The lowest BCUT2D eigenvalue weighted by Gasteiger charge is -2.12. The molecule has 0 aliphatic carbocycles. The minimum atomic E-state index is 0.218. The summed E-state index contributed by atoms with van der Waals surface area (Å²) in [5, 5.41) is 6.88. The third kappa shape index (κ3) is 3.69. The molecule has 162 valence electrons. The largest absolute Gasteiger partial charge is 0.497 e. The van der Waals surface area contributed by atoms with Crippen LogP contribution in [0.5, 0.6) is 5.75 Å². The summed E-state index contributed by atoms with van der Waals surface area (Å²) in [5.74, 6) is 2.57. The predicted molar refractivity (Wildman–Crippen MR) is 132 cm³/mol. The number of hydrogen-bond donors (Lipinski definition) is 1. The van der Waals surface area contributed by atoms with Crippen molar-refractivity contribution in [2.24, 2.45) is 0 Å². The maximum Gasteiger partial charge on any atom is 0.166 e. The van der Waals surface area contributed by atoms with E-state index in [0.717, 1.165) is 47.1 Å². The second-order valence-electron chi connectivity index (χ2n) is 7.96. The molecule has 0 bridgehead atoms. The van der Waals surface area contributed by atoms with E-state index in [0.29, 0.717) is 0 Å². The number of thiophene rings is 1. The van der Waals surface area contributed by atoms with E-state index in [-0.39, 0.29) is 6.04 Å². The Labute approximate surface area is 190 Å². The Morgan fingerprint density at radius 1 is 1.06 bits per heavy atom. The molecule has 0 aliphatic rings. The minimum Gasteiger partial charge on any atom is -0.497 e. The van der Waals surface area contributed by atoms with E-state index in [1.165, 1.54) is 15.6 Å². The SMILES string of the molecule is COc1ccc(CCNc2ncnc3c2nc(-c2csc4ccccc24)n3C(C)C)cc1. The monoisotopic (exact) mass is 443 g/mol. The fraction of sp³-hybridized carbons (Fsp3) is 0.240. The number of fused-ring (bicyclic) bond motifs is 2. The van der Waals surface area contributed by atoms with Gasteiger partial charge < -0.3 is 14.6 Å². The molecule has 3 aromatic heterocycles. The van der Waals surface area contributed by atoms with Crippen molar-refractivity contribution in [1.82, 2.24) is 19.5 Å². The van der Waals surface area contributed by atoms with Crippen LogP contribution in [0.4, 0.5) is 5.82 Å². The first kappa shape index (κ1) is 20.5. The van der Waals surface area contributed by atoms with Gasteiger partial charge in [0.1, 0.15) is 17.9 Å². The first-order valence-electron chi connectivity index (χ1n) is 10.7. The molecular formula is C25H25N5OS. The highest BCUT2D eigenvalue weighted by Gasteiger charge is 2.21. The first-order valence-corrected chi connectivity index (χ1v) is 11.6.